The molecule has 0 bridgehead atoms. The van der Waals surface area contributed by atoms with E-state index in [1.165, 1.54) is 7.11 Å². The number of rotatable bonds is 4. The van der Waals surface area contributed by atoms with Crippen LogP contribution in [0.1, 0.15) is 18.9 Å². The Balaban J connectivity index is 2.08. The van der Waals surface area contributed by atoms with Gasteiger partial charge in [-0.25, -0.2) is 4.79 Å². The fraction of sp³-hybridized carbons (Fsp3) is 0.462. The summed E-state index contributed by atoms with van der Waals surface area (Å²) in [4.78, 5) is 11.4. The lowest BCUT2D eigenvalue weighted by Gasteiger charge is -2.08. The van der Waals surface area contributed by atoms with Crippen LogP contribution in [0, 0.1) is 0 Å². The number of methoxy groups -OCH3 is 1. The average Bonchev–Trinajstić information content (AvgIpc) is 2.78. The van der Waals surface area contributed by atoms with Crippen LogP contribution in [0.3, 0.4) is 0 Å². The van der Waals surface area contributed by atoms with Crippen molar-refractivity contribution in [2.24, 2.45) is 0 Å². The van der Waals surface area contributed by atoms with Gasteiger partial charge in [-0.3, -0.25) is 0 Å². The van der Waals surface area contributed by atoms with E-state index < -0.39 is 6.10 Å². The number of carbonyl (C=O) groups is 1. The lowest BCUT2D eigenvalue weighted by atomic mass is 10.1. The standard InChI is InChI=1S/C13H16O4/c1-3-6-16-10-5-4-9-7-12(13(14)15-2)17-11(9)8-10/h4-5,8,12H,3,6-7H2,1-2H3. The van der Waals surface area contributed by atoms with Crippen molar-refractivity contribution in [1.29, 1.82) is 0 Å². The summed E-state index contributed by atoms with van der Waals surface area (Å²) in [6.07, 6.45) is 1.01. The predicted octanol–water partition coefficient (Wildman–Crippen LogP) is 1.95. The molecule has 0 N–H and O–H groups in total. The van der Waals surface area contributed by atoms with Gasteiger partial charge in [0.2, 0.25) is 0 Å². The van der Waals surface area contributed by atoms with Crippen LogP contribution in [-0.4, -0.2) is 25.8 Å². The maximum Gasteiger partial charge on any atom is 0.347 e. The smallest absolute Gasteiger partial charge is 0.347 e. The fourth-order valence-corrected chi connectivity index (χ4v) is 1.78. The van der Waals surface area contributed by atoms with Crippen molar-refractivity contribution in [3.63, 3.8) is 0 Å². The summed E-state index contributed by atoms with van der Waals surface area (Å²) >= 11 is 0. The molecule has 0 aliphatic carbocycles. The molecule has 4 nitrogen and oxygen atoms in total. The zero-order valence-corrected chi connectivity index (χ0v) is 10.1. The molecule has 0 spiro atoms. The molecule has 92 valence electrons. The summed E-state index contributed by atoms with van der Waals surface area (Å²) in [5.41, 5.74) is 1.02. The summed E-state index contributed by atoms with van der Waals surface area (Å²) in [7, 11) is 1.37. The highest BCUT2D eigenvalue weighted by Crippen LogP contribution is 2.32. The van der Waals surface area contributed by atoms with Gasteiger partial charge >= 0.3 is 5.97 Å². The molecule has 1 aromatic rings. The minimum atomic E-state index is -0.517. The highest BCUT2D eigenvalue weighted by atomic mass is 16.6. The number of carbonyl (C=O) groups excluding carboxylic acids is 1. The van der Waals surface area contributed by atoms with Crippen LogP contribution in [0.2, 0.25) is 0 Å². The van der Waals surface area contributed by atoms with Crippen LogP contribution < -0.4 is 9.47 Å². The van der Waals surface area contributed by atoms with E-state index in [0.717, 1.165) is 17.7 Å². The van der Waals surface area contributed by atoms with E-state index in [1.807, 2.05) is 18.2 Å². The van der Waals surface area contributed by atoms with Crippen molar-refractivity contribution in [2.75, 3.05) is 13.7 Å². The normalized spacial score (nSPS) is 17.2. The van der Waals surface area contributed by atoms with Gasteiger partial charge < -0.3 is 14.2 Å². The van der Waals surface area contributed by atoms with Gasteiger partial charge in [-0.05, 0) is 18.1 Å². The van der Waals surface area contributed by atoms with E-state index in [-0.39, 0.29) is 5.97 Å². The van der Waals surface area contributed by atoms with Crippen molar-refractivity contribution in [3.05, 3.63) is 23.8 Å². The van der Waals surface area contributed by atoms with Crippen molar-refractivity contribution in [1.82, 2.24) is 0 Å². The van der Waals surface area contributed by atoms with Gasteiger partial charge in [0.15, 0.2) is 6.10 Å². The first-order valence-corrected chi connectivity index (χ1v) is 5.74. The van der Waals surface area contributed by atoms with Crippen LogP contribution in [-0.2, 0) is 16.0 Å². The van der Waals surface area contributed by atoms with E-state index in [9.17, 15) is 4.79 Å². The quantitative estimate of drug-likeness (QED) is 0.749. The SMILES string of the molecule is CCCOc1ccc2c(c1)OC(C(=O)OC)C2. The molecule has 1 aliphatic heterocycles. The van der Waals surface area contributed by atoms with Crippen LogP contribution in [0.25, 0.3) is 0 Å². The molecule has 1 aromatic carbocycles. The topological polar surface area (TPSA) is 44.8 Å². The lowest BCUT2D eigenvalue weighted by molar-refractivity contribution is -0.147. The van der Waals surface area contributed by atoms with Gasteiger partial charge in [0.25, 0.3) is 0 Å². The Bertz CT molecular complexity index is 414. The average molecular weight is 236 g/mol. The van der Waals surface area contributed by atoms with Crippen LogP contribution in [0.5, 0.6) is 11.5 Å². The maximum absolute atomic E-state index is 11.4. The molecule has 17 heavy (non-hydrogen) atoms. The Hall–Kier alpha value is -1.71. The summed E-state index contributed by atoms with van der Waals surface area (Å²) in [6, 6.07) is 5.66. The Labute approximate surface area is 100 Å². The van der Waals surface area contributed by atoms with Crippen LogP contribution >= 0.6 is 0 Å². The van der Waals surface area contributed by atoms with E-state index in [4.69, 9.17) is 9.47 Å². The fourth-order valence-electron chi connectivity index (χ4n) is 1.78. The molecular weight excluding hydrogens is 220 g/mol. The first kappa shape index (κ1) is 11.8. The van der Waals surface area contributed by atoms with Crippen molar-refractivity contribution < 1.29 is 19.0 Å². The van der Waals surface area contributed by atoms with E-state index in [1.54, 1.807) is 0 Å². The molecule has 0 fully saturated rings. The zero-order valence-electron chi connectivity index (χ0n) is 10.1. The summed E-state index contributed by atoms with van der Waals surface area (Å²) < 4.78 is 15.7. The van der Waals surface area contributed by atoms with Crippen molar-refractivity contribution in [2.45, 2.75) is 25.9 Å². The Kier molecular flexibility index (Phi) is 3.52. The molecule has 0 amide bonds. The van der Waals surface area contributed by atoms with Gasteiger partial charge in [-0.15, -0.1) is 0 Å². The number of hydrogen-bond acceptors (Lipinski definition) is 4. The molecule has 1 unspecified atom stereocenters. The Morgan fingerprint density at radius 3 is 3.06 bits per heavy atom. The number of hydrogen-bond donors (Lipinski definition) is 0. The molecule has 0 saturated carbocycles. The first-order chi connectivity index (χ1) is 8.24. The van der Waals surface area contributed by atoms with Crippen LogP contribution in [0.15, 0.2) is 18.2 Å². The third-order valence-corrected chi connectivity index (χ3v) is 2.65. The minimum Gasteiger partial charge on any atom is -0.493 e. The predicted molar refractivity (Wildman–Crippen MR) is 62.4 cm³/mol. The maximum atomic E-state index is 11.4. The second-order valence-corrected chi connectivity index (χ2v) is 3.95. The van der Waals surface area contributed by atoms with Crippen molar-refractivity contribution in [3.8, 4) is 11.5 Å². The molecule has 2 rings (SSSR count). The first-order valence-electron chi connectivity index (χ1n) is 5.74. The van der Waals surface area contributed by atoms with Crippen LogP contribution in [0.4, 0.5) is 0 Å². The second kappa shape index (κ2) is 5.08. The van der Waals surface area contributed by atoms with Crippen molar-refractivity contribution >= 4 is 5.97 Å². The molecule has 1 heterocycles. The van der Waals surface area contributed by atoms with E-state index in [0.29, 0.717) is 18.8 Å². The van der Waals surface area contributed by atoms with Gasteiger partial charge in [-0.2, -0.15) is 0 Å². The number of fused-ring (bicyclic) bond motifs is 1. The molecule has 4 heteroatoms. The highest BCUT2D eigenvalue weighted by Gasteiger charge is 2.30. The number of esters is 1. The Morgan fingerprint density at radius 1 is 1.53 bits per heavy atom. The molecule has 1 aliphatic rings. The summed E-state index contributed by atoms with van der Waals surface area (Å²) in [6.45, 7) is 2.73. The van der Waals surface area contributed by atoms with Gasteiger partial charge in [0.05, 0.1) is 13.7 Å². The largest absolute Gasteiger partial charge is 0.493 e. The van der Waals surface area contributed by atoms with E-state index in [2.05, 4.69) is 11.7 Å². The second-order valence-electron chi connectivity index (χ2n) is 3.95. The third kappa shape index (κ3) is 2.52. The highest BCUT2D eigenvalue weighted by molar-refractivity contribution is 5.76. The molecule has 0 radical (unpaired) electrons. The Morgan fingerprint density at radius 2 is 2.35 bits per heavy atom. The molecule has 0 saturated heterocycles. The molecule has 1 atom stereocenters. The monoisotopic (exact) mass is 236 g/mol. The molecular formula is C13H16O4. The number of benzene rings is 1. The van der Waals surface area contributed by atoms with Gasteiger partial charge in [0.1, 0.15) is 11.5 Å². The number of ether oxygens (including phenoxy) is 3. The summed E-state index contributed by atoms with van der Waals surface area (Å²) in [5, 5.41) is 0. The minimum absolute atomic E-state index is 0.336. The lowest BCUT2D eigenvalue weighted by Crippen LogP contribution is -2.26. The zero-order chi connectivity index (χ0) is 12.3. The molecule has 0 aromatic heterocycles. The van der Waals surface area contributed by atoms with Gasteiger partial charge in [-0.1, -0.05) is 13.0 Å². The van der Waals surface area contributed by atoms with E-state index >= 15 is 0 Å². The summed E-state index contributed by atoms with van der Waals surface area (Å²) in [5.74, 6) is 1.15. The van der Waals surface area contributed by atoms with Gasteiger partial charge in [0, 0.05) is 12.5 Å². The third-order valence-electron chi connectivity index (χ3n) is 2.65.